The average Bonchev–Trinajstić information content (AvgIpc) is 3.81. The molecule has 0 aromatic heterocycles. The molecule has 326 valence electrons. The number of hydrogen-bond acceptors (Lipinski definition) is 9. The van der Waals surface area contributed by atoms with Gasteiger partial charge in [0.05, 0.1) is 18.1 Å². The number of ketones is 1. The van der Waals surface area contributed by atoms with E-state index in [1.807, 2.05) is 0 Å². The molecule has 2 saturated heterocycles. The number of Topliss-reactive ketones (excluding diaryl/α,β-unsaturated/α-hetero) is 1. The van der Waals surface area contributed by atoms with Crippen LogP contribution in [-0.2, 0) is 42.9 Å². The lowest BCUT2D eigenvalue weighted by Crippen LogP contribution is -2.72. The number of fused-ring (bicyclic) bond motifs is 2. The third-order valence-electron chi connectivity index (χ3n) is 10.1. The van der Waals surface area contributed by atoms with E-state index in [9.17, 15) is 111 Å². The highest BCUT2D eigenvalue weighted by atomic mass is 19.4. The predicted octanol–water partition coefficient (Wildman–Crippen LogP) is 6.31. The Bertz CT molecular complexity index is 1730. The van der Waals surface area contributed by atoms with Crippen LogP contribution in [0.15, 0.2) is 11.6 Å². The van der Waals surface area contributed by atoms with Gasteiger partial charge in [-0.2, -0.15) is 92.2 Å². The highest BCUT2D eigenvalue weighted by Gasteiger charge is 2.87. The molecule has 57 heavy (non-hydrogen) atoms. The Kier molecular flexibility index (Phi) is 10.2. The quantitative estimate of drug-likeness (QED) is 0.108. The molecular formula is C27H17F21O9. The summed E-state index contributed by atoms with van der Waals surface area (Å²) in [6.07, 6.45) is -34.5. The number of hydrogen-bond donors (Lipinski definition) is 0. The molecule has 1 spiro atoms. The summed E-state index contributed by atoms with van der Waals surface area (Å²) in [6.45, 7) is -2.57. The highest BCUT2D eigenvalue weighted by Crippen LogP contribution is 2.72. The first-order chi connectivity index (χ1) is 25.1. The van der Waals surface area contributed by atoms with Gasteiger partial charge >= 0.3 is 72.0 Å². The Morgan fingerprint density at radius 3 is 1.46 bits per heavy atom. The maximum absolute atomic E-state index is 14.5. The summed E-state index contributed by atoms with van der Waals surface area (Å²) >= 11 is 0. The third-order valence-corrected chi connectivity index (χ3v) is 10.1. The summed E-state index contributed by atoms with van der Waals surface area (Å²) < 4.78 is 307. The number of esters is 3. The van der Waals surface area contributed by atoms with E-state index >= 15 is 0 Å². The minimum absolute atomic E-state index is 0.336. The third kappa shape index (κ3) is 6.01. The molecule has 0 N–H and O–H groups in total. The first-order valence-corrected chi connectivity index (χ1v) is 14.7. The van der Waals surface area contributed by atoms with Crippen molar-refractivity contribution in [3.63, 3.8) is 0 Å². The predicted molar refractivity (Wildman–Crippen MR) is 130 cm³/mol. The van der Waals surface area contributed by atoms with Gasteiger partial charge in [0, 0.05) is 5.41 Å². The molecule has 2 heterocycles. The van der Waals surface area contributed by atoms with Crippen molar-refractivity contribution in [3.05, 3.63) is 11.6 Å². The molecule has 2 bridgehead atoms. The minimum atomic E-state index is -7.40. The molecule has 0 aromatic rings. The monoisotopic (exact) mass is 884 g/mol. The summed E-state index contributed by atoms with van der Waals surface area (Å²) in [5.74, 6) is -56.7. The summed E-state index contributed by atoms with van der Waals surface area (Å²) in [5, 5.41) is 0. The number of ether oxygens (including phenoxy) is 5. The van der Waals surface area contributed by atoms with Crippen LogP contribution >= 0.6 is 0 Å². The van der Waals surface area contributed by atoms with Gasteiger partial charge in [0.25, 0.3) is 0 Å². The Morgan fingerprint density at radius 1 is 0.684 bits per heavy atom. The van der Waals surface area contributed by atoms with Gasteiger partial charge in [-0.1, -0.05) is 6.92 Å². The number of epoxide rings is 1. The van der Waals surface area contributed by atoms with E-state index in [1.54, 1.807) is 0 Å². The lowest BCUT2D eigenvalue weighted by Gasteiger charge is -2.58. The van der Waals surface area contributed by atoms with Crippen LogP contribution in [0.3, 0.4) is 0 Å². The molecular weight excluding hydrogens is 867 g/mol. The lowest BCUT2D eigenvalue weighted by molar-refractivity contribution is -0.352. The van der Waals surface area contributed by atoms with Crippen molar-refractivity contribution in [1.82, 2.24) is 0 Å². The van der Waals surface area contributed by atoms with Gasteiger partial charge < -0.3 is 23.7 Å². The fourth-order valence-electron chi connectivity index (χ4n) is 6.77. The van der Waals surface area contributed by atoms with Gasteiger partial charge in [-0.05, 0) is 25.0 Å². The number of alkyl halides is 21. The fourth-order valence-corrected chi connectivity index (χ4v) is 6.77. The lowest BCUT2D eigenvalue weighted by atomic mass is 9.50. The maximum atomic E-state index is 14.5. The van der Waals surface area contributed by atoms with Crippen molar-refractivity contribution in [2.45, 2.75) is 104 Å². The molecule has 7 unspecified atom stereocenters. The minimum Gasteiger partial charge on any atom is -0.460 e. The zero-order chi connectivity index (χ0) is 44.6. The SMILES string of the molecule is CC1=CC2OC3C(OC(=O)C(F)(F)C(F)(F)C(F)(F)F)CC(C)(C34CO4)C2(COC(=O)C(F)(F)C(F)(F)C(F)(F)F)C(OC(=O)C(F)(F)C(F)(F)C(F)(F)F)C1=O. The molecule has 0 aromatic carbocycles. The van der Waals surface area contributed by atoms with E-state index in [1.165, 1.54) is 0 Å². The summed E-state index contributed by atoms with van der Waals surface area (Å²) in [6, 6.07) is 0. The zero-order valence-corrected chi connectivity index (χ0v) is 27.1. The Morgan fingerprint density at radius 2 is 1.07 bits per heavy atom. The molecule has 9 nitrogen and oxygen atoms in total. The second kappa shape index (κ2) is 12.6. The average molecular weight is 884 g/mol. The summed E-state index contributed by atoms with van der Waals surface area (Å²) in [7, 11) is 0. The molecule has 30 heteroatoms. The van der Waals surface area contributed by atoms with Gasteiger partial charge in [0.2, 0.25) is 0 Å². The van der Waals surface area contributed by atoms with Crippen molar-refractivity contribution in [3.8, 4) is 0 Å². The van der Waals surface area contributed by atoms with Crippen molar-refractivity contribution in [2.24, 2.45) is 10.8 Å². The van der Waals surface area contributed by atoms with Crippen molar-refractivity contribution in [1.29, 1.82) is 0 Å². The number of halogens is 21. The molecule has 4 rings (SSSR count). The van der Waals surface area contributed by atoms with Gasteiger partial charge in [0.1, 0.15) is 24.4 Å². The molecule has 2 aliphatic heterocycles. The Hall–Kier alpha value is -3.73. The Balaban J connectivity index is 1.92. The van der Waals surface area contributed by atoms with Gasteiger partial charge in [0.15, 0.2) is 11.9 Å². The van der Waals surface area contributed by atoms with E-state index in [0.29, 0.717) is 19.9 Å². The largest absolute Gasteiger partial charge is 0.460 e. The second-order valence-electron chi connectivity index (χ2n) is 13.2. The van der Waals surface area contributed by atoms with Crippen LogP contribution in [0.25, 0.3) is 0 Å². The molecule has 3 fully saturated rings. The normalized spacial score (nSPS) is 31.4. The van der Waals surface area contributed by atoms with Crippen LogP contribution in [0.2, 0.25) is 0 Å². The van der Waals surface area contributed by atoms with Crippen molar-refractivity contribution >= 4 is 23.7 Å². The topological polar surface area (TPSA) is 118 Å². The van der Waals surface area contributed by atoms with Crippen LogP contribution in [0.4, 0.5) is 92.2 Å². The zero-order valence-electron chi connectivity index (χ0n) is 27.1. The van der Waals surface area contributed by atoms with E-state index in [-0.39, 0.29) is 0 Å². The van der Waals surface area contributed by atoms with Crippen LogP contribution in [0.5, 0.6) is 0 Å². The van der Waals surface area contributed by atoms with Crippen molar-refractivity contribution < 1.29 is 135 Å². The first kappa shape index (κ1) is 46.0. The van der Waals surface area contributed by atoms with Crippen LogP contribution < -0.4 is 0 Å². The molecule has 1 saturated carbocycles. The van der Waals surface area contributed by atoms with Crippen LogP contribution in [0.1, 0.15) is 20.3 Å². The molecule has 4 aliphatic rings. The van der Waals surface area contributed by atoms with Gasteiger partial charge in [-0.3, -0.25) is 4.79 Å². The molecule has 0 radical (unpaired) electrons. The molecule has 2 aliphatic carbocycles. The second-order valence-corrected chi connectivity index (χ2v) is 13.2. The van der Waals surface area contributed by atoms with Gasteiger partial charge in [-0.15, -0.1) is 0 Å². The standard InChI is InChI=1S/C27H17F21O9/c1-7-3-9-17(5-53-13(50)19(28,29)22(34,35)25(40,41)42,12(10(7)49)57-15(52)21(32,33)24(38,39)27(46,47)48)16(2)4-8(11(56-9)18(16)6-54-18)55-14(51)20(30,31)23(36,37)26(43,44)45/h3,8-9,11-12H,4-6H2,1-2H3. The molecule has 7 atom stereocenters. The van der Waals surface area contributed by atoms with E-state index in [2.05, 4.69) is 14.2 Å². The van der Waals surface area contributed by atoms with E-state index in [0.717, 1.165) is 0 Å². The Labute approximate surface area is 299 Å². The smallest absolute Gasteiger partial charge is 0.460 e. The highest BCUT2D eigenvalue weighted by molar-refractivity contribution is 6.02. The molecule has 0 amide bonds. The summed E-state index contributed by atoms with van der Waals surface area (Å²) in [4.78, 5) is 50.3. The van der Waals surface area contributed by atoms with Crippen LogP contribution in [0, 0.1) is 10.8 Å². The first-order valence-electron chi connectivity index (χ1n) is 14.7. The van der Waals surface area contributed by atoms with E-state index < -0.39 is 144 Å². The van der Waals surface area contributed by atoms with Gasteiger partial charge in [-0.25, -0.2) is 14.4 Å². The number of rotatable bonds is 10. The number of carbonyl (C=O) groups excluding carboxylic acids is 4. The van der Waals surface area contributed by atoms with Crippen molar-refractivity contribution in [2.75, 3.05) is 13.2 Å². The van der Waals surface area contributed by atoms with E-state index in [4.69, 9.17) is 9.47 Å². The summed E-state index contributed by atoms with van der Waals surface area (Å²) in [5.41, 5.74) is -10.4. The maximum Gasteiger partial charge on any atom is 0.460 e. The number of carbonyl (C=O) groups is 4. The van der Waals surface area contributed by atoms with Crippen LogP contribution in [-0.4, -0.2) is 121 Å². The fraction of sp³-hybridized carbons (Fsp3) is 0.778.